The fraction of sp³-hybridized carbons (Fsp3) is 0.280. The highest BCUT2D eigenvalue weighted by molar-refractivity contribution is 6.31. The lowest BCUT2D eigenvalue weighted by atomic mass is 9.97. The summed E-state index contributed by atoms with van der Waals surface area (Å²) in [6.45, 7) is 1.72. The van der Waals surface area contributed by atoms with E-state index < -0.39 is 5.82 Å². The first kappa shape index (κ1) is 23.0. The number of amides is 1. The van der Waals surface area contributed by atoms with Gasteiger partial charge in [0, 0.05) is 43.0 Å². The maximum Gasteiger partial charge on any atom is 0.257 e. The van der Waals surface area contributed by atoms with E-state index in [1.807, 2.05) is 17.0 Å². The zero-order valence-electron chi connectivity index (χ0n) is 19.1. The number of nitrogens with zero attached hydrogens (tertiary/aromatic N) is 4. The highest BCUT2D eigenvalue weighted by Gasteiger charge is 2.26. The molecule has 10 heteroatoms. The molecule has 1 atom stereocenters. The molecule has 0 aliphatic carbocycles. The second-order valence-corrected chi connectivity index (χ2v) is 8.92. The zero-order chi connectivity index (χ0) is 24.4. The summed E-state index contributed by atoms with van der Waals surface area (Å²) in [5.74, 6) is 0.587. The van der Waals surface area contributed by atoms with Crippen molar-refractivity contribution in [1.82, 2.24) is 24.8 Å². The van der Waals surface area contributed by atoms with Gasteiger partial charge in [-0.3, -0.25) is 4.79 Å². The predicted octanol–water partition coefficient (Wildman–Crippen LogP) is 4.79. The molecule has 5 rings (SSSR count). The van der Waals surface area contributed by atoms with Gasteiger partial charge in [-0.15, -0.1) is 0 Å². The molecule has 180 valence electrons. The molecule has 1 amide bonds. The molecular formula is C25H24ClFN6O2. The number of hydrogen-bond acceptors (Lipinski definition) is 6. The van der Waals surface area contributed by atoms with Crippen LogP contribution in [-0.4, -0.2) is 57.5 Å². The Labute approximate surface area is 206 Å². The molecule has 0 saturated carbocycles. The Hall–Kier alpha value is -3.72. The number of para-hydroxylation sites is 1. The topological polar surface area (TPSA) is 96.0 Å². The summed E-state index contributed by atoms with van der Waals surface area (Å²) in [6, 6.07) is 8.99. The van der Waals surface area contributed by atoms with Gasteiger partial charge in [-0.05, 0) is 37.0 Å². The number of ether oxygens (including phenoxy) is 1. The number of aromatic amines is 1. The highest BCUT2D eigenvalue weighted by atomic mass is 35.5. The molecule has 4 aromatic rings. The lowest BCUT2D eigenvalue weighted by Gasteiger charge is -2.33. The van der Waals surface area contributed by atoms with Crippen LogP contribution in [0.1, 0.15) is 23.2 Å². The normalized spacial score (nSPS) is 15.9. The average Bonchev–Trinajstić information content (AvgIpc) is 3.31. The fourth-order valence-electron chi connectivity index (χ4n) is 4.43. The van der Waals surface area contributed by atoms with Crippen molar-refractivity contribution in [3.8, 4) is 17.1 Å². The van der Waals surface area contributed by atoms with Crippen molar-refractivity contribution in [1.29, 1.82) is 0 Å². The minimum absolute atomic E-state index is 0.0609. The number of carbonyl (C=O) groups is 1. The number of aromatic nitrogens is 4. The van der Waals surface area contributed by atoms with Gasteiger partial charge in [-0.2, -0.15) is 0 Å². The summed E-state index contributed by atoms with van der Waals surface area (Å²) in [5.41, 5.74) is 1.88. The lowest BCUT2D eigenvalue weighted by Crippen LogP contribution is -2.42. The van der Waals surface area contributed by atoms with Crippen LogP contribution < -0.4 is 10.1 Å². The molecule has 4 heterocycles. The third-order valence-electron chi connectivity index (χ3n) is 6.18. The monoisotopic (exact) mass is 494 g/mol. The zero-order valence-corrected chi connectivity index (χ0v) is 19.8. The number of piperidine rings is 1. The van der Waals surface area contributed by atoms with Crippen molar-refractivity contribution in [3.63, 3.8) is 0 Å². The van der Waals surface area contributed by atoms with Crippen molar-refractivity contribution >= 4 is 34.4 Å². The quantitative estimate of drug-likeness (QED) is 0.400. The molecule has 0 spiro atoms. The van der Waals surface area contributed by atoms with Crippen molar-refractivity contribution in [2.75, 3.05) is 32.1 Å². The van der Waals surface area contributed by atoms with Gasteiger partial charge in [0.05, 0.1) is 23.9 Å². The van der Waals surface area contributed by atoms with E-state index in [9.17, 15) is 9.18 Å². The van der Waals surface area contributed by atoms with Crippen LogP contribution in [0.5, 0.6) is 5.75 Å². The minimum Gasteiger partial charge on any atom is -0.496 e. The van der Waals surface area contributed by atoms with E-state index in [2.05, 4.69) is 25.3 Å². The molecule has 35 heavy (non-hydrogen) atoms. The van der Waals surface area contributed by atoms with E-state index in [1.54, 1.807) is 37.7 Å². The van der Waals surface area contributed by atoms with Crippen LogP contribution >= 0.6 is 11.6 Å². The van der Waals surface area contributed by atoms with Crippen LogP contribution in [0.25, 0.3) is 22.4 Å². The third-order valence-corrected chi connectivity index (χ3v) is 6.39. The van der Waals surface area contributed by atoms with Crippen LogP contribution in [0.4, 0.5) is 10.2 Å². The largest absolute Gasteiger partial charge is 0.496 e. The molecular weight excluding hydrogens is 471 g/mol. The Bertz CT molecular complexity index is 1380. The highest BCUT2D eigenvalue weighted by Crippen LogP contribution is 2.29. The standard InChI is InChI=1S/C25H24ClFN6O2/c1-35-21-7-3-2-6-17(21)25(34)33-8-4-5-15(14-33)10-28-24-20(27)13-31-23(32-24)19-12-30-22-18(19)9-16(26)11-29-22/h2-3,6-7,9,11-13,15H,4-5,8,10,14H2,1H3,(H,29,30)(H,28,31,32)/t15-/m1/s1. The SMILES string of the molecule is COc1ccccc1C(=O)N1CCC[C@H](CNc2nc(-c3c[nH]c4ncc(Cl)cc34)ncc2F)C1. The molecule has 8 nitrogen and oxygen atoms in total. The van der Waals surface area contributed by atoms with E-state index in [0.717, 1.165) is 24.4 Å². The van der Waals surface area contributed by atoms with Gasteiger partial charge in [-0.1, -0.05) is 23.7 Å². The van der Waals surface area contributed by atoms with Crippen molar-refractivity contribution in [3.05, 3.63) is 65.3 Å². The number of likely N-dealkylation sites (tertiary alicyclic amines) is 1. The summed E-state index contributed by atoms with van der Waals surface area (Å²) in [5, 5.41) is 4.37. The number of rotatable bonds is 6. The summed E-state index contributed by atoms with van der Waals surface area (Å²) >= 11 is 6.09. The molecule has 1 aliphatic heterocycles. The number of halogens is 2. The molecule has 3 aromatic heterocycles. The first-order chi connectivity index (χ1) is 17.0. The number of hydrogen-bond donors (Lipinski definition) is 2. The first-order valence-electron chi connectivity index (χ1n) is 11.3. The average molecular weight is 495 g/mol. The van der Waals surface area contributed by atoms with E-state index in [4.69, 9.17) is 16.3 Å². The second-order valence-electron chi connectivity index (χ2n) is 8.48. The fourth-order valence-corrected chi connectivity index (χ4v) is 4.59. The van der Waals surface area contributed by atoms with Gasteiger partial charge in [0.1, 0.15) is 11.4 Å². The Kier molecular flexibility index (Phi) is 6.50. The maximum absolute atomic E-state index is 14.5. The third kappa shape index (κ3) is 4.77. The molecule has 2 N–H and O–H groups in total. The van der Waals surface area contributed by atoms with E-state index in [-0.39, 0.29) is 17.6 Å². The van der Waals surface area contributed by atoms with Crippen LogP contribution in [0.2, 0.25) is 5.02 Å². The summed E-state index contributed by atoms with van der Waals surface area (Å²) in [4.78, 5) is 30.8. The number of H-pyrrole nitrogens is 1. The van der Waals surface area contributed by atoms with E-state index in [1.165, 1.54) is 0 Å². The van der Waals surface area contributed by atoms with Crippen molar-refractivity contribution in [2.45, 2.75) is 12.8 Å². The summed E-state index contributed by atoms with van der Waals surface area (Å²) < 4.78 is 19.9. The lowest BCUT2D eigenvalue weighted by molar-refractivity contribution is 0.0677. The number of carbonyl (C=O) groups excluding carboxylic acids is 1. The second kappa shape index (κ2) is 9.87. The van der Waals surface area contributed by atoms with Gasteiger partial charge >= 0.3 is 0 Å². The van der Waals surface area contributed by atoms with Crippen molar-refractivity contribution in [2.24, 2.45) is 5.92 Å². The first-order valence-corrected chi connectivity index (χ1v) is 11.7. The number of methoxy groups -OCH3 is 1. The van der Waals surface area contributed by atoms with Gasteiger partial charge < -0.3 is 19.9 Å². The Morgan fingerprint density at radius 2 is 2.17 bits per heavy atom. The molecule has 1 fully saturated rings. The Morgan fingerprint density at radius 3 is 3.03 bits per heavy atom. The van der Waals surface area contributed by atoms with E-state index in [0.29, 0.717) is 53.0 Å². The molecule has 1 saturated heterocycles. The number of nitrogens with one attached hydrogen (secondary N) is 2. The summed E-state index contributed by atoms with van der Waals surface area (Å²) in [7, 11) is 1.56. The molecule has 0 unspecified atom stereocenters. The summed E-state index contributed by atoms with van der Waals surface area (Å²) in [6.07, 6.45) is 6.23. The Morgan fingerprint density at radius 1 is 1.31 bits per heavy atom. The van der Waals surface area contributed by atoms with Crippen LogP contribution in [0, 0.1) is 11.7 Å². The van der Waals surface area contributed by atoms with Gasteiger partial charge in [0.25, 0.3) is 5.91 Å². The van der Waals surface area contributed by atoms with Crippen LogP contribution in [0.3, 0.4) is 0 Å². The smallest absolute Gasteiger partial charge is 0.257 e. The number of pyridine rings is 1. The molecule has 1 aromatic carbocycles. The molecule has 0 radical (unpaired) electrons. The predicted molar refractivity (Wildman–Crippen MR) is 132 cm³/mol. The number of benzene rings is 1. The van der Waals surface area contributed by atoms with Gasteiger partial charge in [0.15, 0.2) is 17.5 Å². The maximum atomic E-state index is 14.5. The molecule has 0 bridgehead atoms. The van der Waals surface area contributed by atoms with Crippen LogP contribution in [-0.2, 0) is 0 Å². The van der Waals surface area contributed by atoms with E-state index >= 15 is 0 Å². The van der Waals surface area contributed by atoms with Crippen LogP contribution in [0.15, 0.2) is 48.9 Å². The Balaban J connectivity index is 1.29. The number of anilines is 1. The van der Waals surface area contributed by atoms with Gasteiger partial charge in [-0.25, -0.2) is 19.3 Å². The van der Waals surface area contributed by atoms with Crippen molar-refractivity contribution < 1.29 is 13.9 Å². The minimum atomic E-state index is -0.539. The number of fused-ring (bicyclic) bond motifs is 1. The molecule has 1 aliphatic rings. The van der Waals surface area contributed by atoms with Gasteiger partial charge in [0.2, 0.25) is 0 Å².